The maximum absolute atomic E-state index is 9.60. The van der Waals surface area contributed by atoms with Crippen LogP contribution in [0.2, 0.25) is 0 Å². The summed E-state index contributed by atoms with van der Waals surface area (Å²) in [5.74, 6) is 0.561. The highest BCUT2D eigenvalue weighted by atomic mass is 32.1. The molecule has 2 rings (SSSR count). The lowest BCUT2D eigenvalue weighted by Crippen LogP contribution is -2.17. The predicted molar refractivity (Wildman–Crippen MR) is 91.9 cm³/mol. The van der Waals surface area contributed by atoms with Crippen LogP contribution in [0.5, 0.6) is 0 Å². The third-order valence-corrected chi connectivity index (χ3v) is 4.34. The standard InChI is InChI=1S/C11H14BNS.C5H10O2/c1-6(2)8-5-13(4)11-9(8)7(3)10(12)14-11;1-5(2,3)7-4-6/h5-6H,1-4H3;4H,1-3H3. The van der Waals surface area contributed by atoms with Crippen molar-refractivity contribution in [1.29, 1.82) is 0 Å². The van der Waals surface area contributed by atoms with Crippen molar-refractivity contribution in [3.05, 3.63) is 17.3 Å². The van der Waals surface area contributed by atoms with Gasteiger partial charge >= 0.3 is 0 Å². The van der Waals surface area contributed by atoms with Crippen molar-refractivity contribution in [2.75, 3.05) is 0 Å². The van der Waals surface area contributed by atoms with Gasteiger partial charge in [-0.2, -0.15) is 0 Å². The molecule has 2 aromatic rings. The third-order valence-electron chi connectivity index (χ3n) is 3.13. The minimum Gasteiger partial charge on any atom is -0.462 e. The fraction of sp³-hybridized carbons (Fsp3) is 0.562. The van der Waals surface area contributed by atoms with Crippen molar-refractivity contribution in [3.8, 4) is 0 Å². The predicted octanol–water partition coefficient (Wildman–Crippen LogP) is 3.42. The first kappa shape index (κ1) is 17.8. The maximum Gasteiger partial charge on any atom is 0.293 e. The van der Waals surface area contributed by atoms with Gasteiger partial charge in [0.2, 0.25) is 0 Å². The zero-order valence-electron chi connectivity index (χ0n) is 14.0. The van der Waals surface area contributed by atoms with E-state index in [4.69, 9.17) is 7.85 Å². The van der Waals surface area contributed by atoms with E-state index in [-0.39, 0.29) is 5.60 Å². The van der Waals surface area contributed by atoms with E-state index in [2.05, 4.69) is 43.3 Å². The minimum absolute atomic E-state index is 0.318. The quantitative estimate of drug-likeness (QED) is 0.629. The largest absolute Gasteiger partial charge is 0.462 e. The number of hydrogen-bond acceptors (Lipinski definition) is 3. The van der Waals surface area contributed by atoms with Crippen LogP contribution in [0, 0.1) is 6.92 Å². The lowest BCUT2D eigenvalue weighted by molar-refractivity contribution is -0.138. The van der Waals surface area contributed by atoms with E-state index in [0.717, 1.165) is 4.78 Å². The molecule has 0 atom stereocenters. The van der Waals surface area contributed by atoms with Gasteiger partial charge in [0.05, 0.1) is 0 Å². The molecule has 0 aromatic carbocycles. The molecule has 0 N–H and O–H groups in total. The minimum atomic E-state index is -0.318. The van der Waals surface area contributed by atoms with Crippen molar-refractivity contribution in [3.63, 3.8) is 0 Å². The fourth-order valence-corrected chi connectivity index (χ4v) is 3.05. The van der Waals surface area contributed by atoms with Gasteiger partial charge in [-0.3, -0.25) is 4.79 Å². The summed E-state index contributed by atoms with van der Waals surface area (Å²) >= 11 is 1.68. The number of aromatic nitrogens is 1. The van der Waals surface area contributed by atoms with Crippen molar-refractivity contribution in [2.24, 2.45) is 7.05 Å². The molecule has 0 spiro atoms. The van der Waals surface area contributed by atoms with Gasteiger partial charge in [-0.25, -0.2) is 0 Å². The molecule has 0 amide bonds. The number of rotatable bonds is 2. The highest BCUT2D eigenvalue weighted by Crippen LogP contribution is 2.32. The summed E-state index contributed by atoms with van der Waals surface area (Å²) in [5.41, 5.74) is 2.34. The number of carbonyl (C=O) groups is 1. The third kappa shape index (κ3) is 4.37. The summed E-state index contributed by atoms with van der Waals surface area (Å²) in [5, 5.41) is 1.37. The van der Waals surface area contributed by atoms with Crippen molar-refractivity contribution in [1.82, 2.24) is 4.57 Å². The normalized spacial score (nSPS) is 11.4. The Morgan fingerprint density at radius 1 is 1.38 bits per heavy atom. The Hall–Kier alpha value is -1.23. The molecule has 2 radical (unpaired) electrons. The van der Waals surface area contributed by atoms with Crippen LogP contribution < -0.4 is 4.78 Å². The Morgan fingerprint density at radius 3 is 2.33 bits per heavy atom. The lowest BCUT2D eigenvalue weighted by atomic mass is 9.97. The van der Waals surface area contributed by atoms with Crippen molar-refractivity contribution in [2.45, 2.75) is 53.1 Å². The number of ether oxygens (including phenoxy) is 1. The summed E-state index contributed by atoms with van der Waals surface area (Å²) < 4.78 is 7.68. The maximum atomic E-state index is 9.60. The molecule has 3 nitrogen and oxygen atoms in total. The molecule has 2 aromatic heterocycles. The SMILES string of the molecule is CC(C)(C)OC=O.[B]c1sc2c(c(C(C)C)cn2C)c1C. The van der Waals surface area contributed by atoms with Crippen LogP contribution in [0.4, 0.5) is 0 Å². The summed E-state index contributed by atoms with van der Waals surface area (Å²) in [4.78, 5) is 10.9. The molecule has 0 unspecified atom stereocenters. The fourth-order valence-electron chi connectivity index (χ4n) is 2.02. The van der Waals surface area contributed by atoms with Gasteiger partial charge in [0.15, 0.2) is 0 Å². The topological polar surface area (TPSA) is 31.2 Å². The highest BCUT2D eigenvalue weighted by Gasteiger charge is 2.15. The molecule has 0 bridgehead atoms. The molecule has 5 heteroatoms. The Bertz CT molecular complexity index is 620. The number of carbonyl (C=O) groups excluding carboxylic acids is 1. The molecule has 114 valence electrons. The average Bonchev–Trinajstić information content (AvgIpc) is 2.79. The van der Waals surface area contributed by atoms with Crippen LogP contribution in [-0.2, 0) is 16.6 Å². The number of aryl methyl sites for hydroxylation is 2. The summed E-state index contributed by atoms with van der Waals surface area (Å²) in [6.45, 7) is 12.5. The first-order chi connectivity index (χ1) is 9.58. The number of nitrogens with zero attached hydrogens (tertiary/aromatic N) is 1. The number of hydrogen-bond donors (Lipinski definition) is 0. The van der Waals surface area contributed by atoms with Crippen LogP contribution in [0.25, 0.3) is 10.2 Å². The molecule has 2 heterocycles. The van der Waals surface area contributed by atoms with Crippen molar-refractivity contribution < 1.29 is 9.53 Å². The van der Waals surface area contributed by atoms with Gasteiger partial charge < -0.3 is 9.30 Å². The second-order valence-corrected chi connectivity index (χ2v) is 7.48. The average molecular weight is 305 g/mol. The van der Waals surface area contributed by atoms with Crippen LogP contribution in [0.15, 0.2) is 6.20 Å². The smallest absolute Gasteiger partial charge is 0.293 e. The van der Waals surface area contributed by atoms with Gasteiger partial charge in [-0.15, -0.1) is 11.3 Å². The molecule has 0 aliphatic heterocycles. The van der Waals surface area contributed by atoms with Gasteiger partial charge in [-0.1, -0.05) is 13.8 Å². The van der Waals surface area contributed by atoms with Crippen LogP contribution in [-0.4, -0.2) is 24.5 Å². The first-order valence-electron chi connectivity index (χ1n) is 7.03. The van der Waals surface area contributed by atoms with E-state index in [1.807, 2.05) is 20.8 Å². The van der Waals surface area contributed by atoms with Crippen LogP contribution in [0.1, 0.15) is 51.7 Å². The zero-order valence-corrected chi connectivity index (χ0v) is 14.8. The lowest BCUT2D eigenvalue weighted by Gasteiger charge is -2.14. The Morgan fingerprint density at radius 2 is 1.95 bits per heavy atom. The molecule has 21 heavy (non-hydrogen) atoms. The molecule has 0 aliphatic carbocycles. The molecule has 0 saturated heterocycles. The Labute approximate surface area is 132 Å². The summed E-state index contributed by atoms with van der Waals surface area (Å²) in [6, 6.07) is 0. The van der Waals surface area contributed by atoms with Crippen LogP contribution >= 0.6 is 11.3 Å². The molecular formula is C16H24BNO2S. The Kier molecular flexibility index (Phi) is 5.68. The Balaban J connectivity index is 0.000000270. The van der Waals surface area contributed by atoms with Gasteiger partial charge in [0.25, 0.3) is 6.47 Å². The molecule has 0 fully saturated rings. The second kappa shape index (κ2) is 6.69. The monoisotopic (exact) mass is 305 g/mol. The van der Waals surface area contributed by atoms with E-state index in [1.165, 1.54) is 21.3 Å². The van der Waals surface area contributed by atoms with Gasteiger partial charge in [0, 0.05) is 18.6 Å². The molecular weight excluding hydrogens is 281 g/mol. The van der Waals surface area contributed by atoms with Crippen LogP contribution in [0.3, 0.4) is 0 Å². The van der Waals surface area contributed by atoms with Gasteiger partial charge in [-0.05, 0) is 49.5 Å². The van der Waals surface area contributed by atoms with E-state index in [0.29, 0.717) is 12.4 Å². The molecule has 0 saturated carbocycles. The zero-order chi connectivity index (χ0) is 16.4. The van der Waals surface area contributed by atoms with E-state index >= 15 is 0 Å². The highest BCUT2D eigenvalue weighted by molar-refractivity contribution is 7.26. The van der Waals surface area contributed by atoms with E-state index in [9.17, 15) is 4.79 Å². The van der Waals surface area contributed by atoms with E-state index < -0.39 is 0 Å². The summed E-state index contributed by atoms with van der Waals surface area (Å²) in [6.07, 6.45) is 2.22. The second-order valence-electron chi connectivity index (χ2n) is 6.45. The summed E-state index contributed by atoms with van der Waals surface area (Å²) in [7, 11) is 8.03. The first-order valence-corrected chi connectivity index (χ1v) is 7.85. The van der Waals surface area contributed by atoms with Crippen molar-refractivity contribution >= 4 is 40.6 Å². The molecule has 0 aliphatic rings. The van der Waals surface area contributed by atoms with Gasteiger partial charge in [0.1, 0.15) is 18.3 Å². The van der Waals surface area contributed by atoms with E-state index in [1.54, 1.807) is 11.3 Å². The number of fused-ring (bicyclic) bond motifs is 1. The number of thiophene rings is 1.